The van der Waals surface area contributed by atoms with Gasteiger partial charge in [0, 0.05) is 45.0 Å². The van der Waals surface area contributed by atoms with Crippen molar-refractivity contribution >= 4 is 11.8 Å². The highest BCUT2D eigenvalue weighted by Gasteiger charge is 2.03. The van der Waals surface area contributed by atoms with Gasteiger partial charge in [-0.15, -0.1) is 0 Å². The summed E-state index contributed by atoms with van der Waals surface area (Å²) in [5.41, 5.74) is 2.11. The zero-order valence-corrected chi connectivity index (χ0v) is 10.9. The molecule has 0 fully saturated rings. The van der Waals surface area contributed by atoms with Gasteiger partial charge in [0.05, 0.1) is 5.69 Å². The maximum Gasteiger partial charge on any atom is 0.224 e. The molecule has 0 aliphatic heterocycles. The van der Waals surface area contributed by atoms with Gasteiger partial charge < -0.3 is 10.6 Å². The van der Waals surface area contributed by atoms with Crippen molar-refractivity contribution in [1.82, 2.24) is 19.7 Å². The molecule has 2 N–H and O–H groups in total. The molecule has 18 heavy (non-hydrogen) atoms. The second-order valence-corrected chi connectivity index (χ2v) is 4.13. The number of hydrogen-bond donors (Lipinski definition) is 2. The lowest BCUT2D eigenvalue weighted by Gasteiger charge is -2.08. The first-order chi connectivity index (χ1) is 8.69. The van der Waals surface area contributed by atoms with Gasteiger partial charge in [0.1, 0.15) is 5.82 Å². The lowest BCUT2D eigenvalue weighted by Crippen LogP contribution is -2.10. The van der Waals surface area contributed by atoms with Crippen LogP contribution in [0.1, 0.15) is 11.3 Å². The van der Waals surface area contributed by atoms with E-state index in [2.05, 4.69) is 25.7 Å². The van der Waals surface area contributed by atoms with Crippen molar-refractivity contribution in [2.45, 2.75) is 13.3 Å². The molecular weight excluding hydrogens is 228 g/mol. The molecule has 0 saturated carbocycles. The number of hydrogen-bond acceptors (Lipinski definition) is 5. The Hall–Kier alpha value is -2.11. The molecule has 0 radical (unpaired) electrons. The molecule has 0 saturated heterocycles. The van der Waals surface area contributed by atoms with Crippen molar-refractivity contribution in [2.75, 3.05) is 24.2 Å². The maximum absolute atomic E-state index is 4.37. The van der Waals surface area contributed by atoms with Gasteiger partial charge in [-0.1, -0.05) is 0 Å². The van der Waals surface area contributed by atoms with E-state index >= 15 is 0 Å². The van der Waals surface area contributed by atoms with Crippen molar-refractivity contribution < 1.29 is 0 Å². The number of rotatable bonds is 5. The molecule has 96 valence electrons. The Balaban J connectivity index is 1.93. The molecule has 6 nitrogen and oxygen atoms in total. The Morgan fingerprint density at radius 2 is 2.22 bits per heavy atom. The Morgan fingerprint density at radius 1 is 1.39 bits per heavy atom. The maximum atomic E-state index is 4.37. The summed E-state index contributed by atoms with van der Waals surface area (Å²) in [6.45, 7) is 2.79. The van der Waals surface area contributed by atoms with E-state index in [1.54, 1.807) is 0 Å². The summed E-state index contributed by atoms with van der Waals surface area (Å²) in [5, 5.41) is 10.6. The van der Waals surface area contributed by atoms with Crippen molar-refractivity contribution in [3.8, 4) is 0 Å². The molecule has 2 heterocycles. The normalized spacial score (nSPS) is 10.4. The van der Waals surface area contributed by atoms with Gasteiger partial charge in [-0.05, 0) is 13.0 Å². The third-order valence-corrected chi connectivity index (χ3v) is 2.64. The van der Waals surface area contributed by atoms with Crippen LogP contribution in [0.25, 0.3) is 0 Å². The molecule has 0 unspecified atom stereocenters. The van der Waals surface area contributed by atoms with Crippen LogP contribution in [-0.4, -0.2) is 33.3 Å². The summed E-state index contributed by atoms with van der Waals surface area (Å²) in [7, 11) is 3.73. The number of nitrogens with zero attached hydrogens (tertiary/aromatic N) is 4. The molecule has 0 aromatic carbocycles. The smallest absolute Gasteiger partial charge is 0.224 e. The Labute approximate surface area is 106 Å². The molecule has 0 aliphatic carbocycles. The summed E-state index contributed by atoms with van der Waals surface area (Å²) in [5.74, 6) is 1.49. The molecule has 0 bridgehead atoms. The second kappa shape index (κ2) is 5.48. The first-order valence-corrected chi connectivity index (χ1v) is 5.93. The summed E-state index contributed by atoms with van der Waals surface area (Å²) in [6.07, 6.45) is 4.63. The molecule has 0 spiro atoms. The third kappa shape index (κ3) is 2.97. The highest BCUT2D eigenvalue weighted by molar-refractivity contribution is 5.46. The van der Waals surface area contributed by atoms with Crippen molar-refractivity contribution in [3.05, 3.63) is 29.7 Å². The summed E-state index contributed by atoms with van der Waals surface area (Å²) < 4.78 is 1.81. The van der Waals surface area contributed by atoms with Crippen LogP contribution in [0.15, 0.2) is 18.5 Å². The van der Waals surface area contributed by atoms with Crippen LogP contribution in [0, 0.1) is 6.92 Å². The predicted molar refractivity (Wildman–Crippen MR) is 71.7 cm³/mol. The van der Waals surface area contributed by atoms with Crippen molar-refractivity contribution in [2.24, 2.45) is 7.05 Å². The number of nitrogens with one attached hydrogen (secondary N) is 2. The number of anilines is 2. The minimum atomic E-state index is 0.626. The topological polar surface area (TPSA) is 67.7 Å². The van der Waals surface area contributed by atoms with Crippen molar-refractivity contribution in [3.63, 3.8) is 0 Å². The third-order valence-electron chi connectivity index (χ3n) is 2.64. The average Bonchev–Trinajstić information content (AvgIpc) is 2.77. The standard InChI is InChI=1S/C12H18N6/c1-9-8-15-12(13-2)16-11(9)14-6-4-10-5-7-18(3)17-10/h5,7-8H,4,6H2,1-3H3,(H2,13,14,15,16). The largest absolute Gasteiger partial charge is 0.369 e. The van der Waals surface area contributed by atoms with Gasteiger partial charge >= 0.3 is 0 Å². The average molecular weight is 246 g/mol. The van der Waals surface area contributed by atoms with E-state index in [0.29, 0.717) is 5.95 Å². The minimum Gasteiger partial charge on any atom is -0.369 e. The van der Waals surface area contributed by atoms with Crippen LogP contribution in [0.2, 0.25) is 0 Å². The van der Waals surface area contributed by atoms with Crippen LogP contribution in [0.5, 0.6) is 0 Å². The van der Waals surface area contributed by atoms with Gasteiger partial charge in [-0.25, -0.2) is 4.98 Å². The highest BCUT2D eigenvalue weighted by Crippen LogP contribution is 2.12. The molecule has 0 aliphatic rings. The molecule has 2 aromatic rings. The van der Waals surface area contributed by atoms with Crippen LogP contribution >= 0.6 is 0 Å². The SMILES string of the molecule is CNc1ncc(C)c(NCCc2ccn(C)n2)n1. The molecule has 0 atom stereocenters. The van der Waals surface area contributed by atoms with Crippen LogP contribution in [0.3, 0.4) is 0 Å². The van der Waals surface area contributed by atoms with Gasteiger partial charge in [-0.2, -0.15) is 10.1 Å². The lowest BCUT2D eigenvalue weighted by molar-refractivity contribution is 0.742. The van der Waals surface area contributed by atoms with Crippen LogP contribution < -0.4 is 10.6 Å². The van der Waals surface area contributed by atoms with E-state index in [0.717, 1.165) is 30.0 Å². The quantitative estimate of drug-likeness (QED) is 0.830. The van der Waals surface area contributed by atoms with E-state index in [-0.39, 0.29) is 0 Å². The predicted octanol–water partition coefficient (Wildman–Crippen LogP) is 1.21. The van der Waals surface area contributed by atoms with Gasteiger partial charge in [0.25, 0.3) is 0 Å². The number of aromatic nitrogens is 4. The van der Waals surface area contributed by atoms with Crippen molar-refractivity contribution in [1.29, 1.82) is 0 Å². The van der Waals surface area contributed by atoms with E-state index in [1.807, 2.05) is 44.2 Å². The first-order valence-electron chi connectivity index (χ1n) is 5.93. The Kier molecular flexibility index (Phi) is 3.76. The zero-order chi connectivity index (χ0) is 13.0. The molecule has 2 rings (SSSR count). The van der Waals surface area contributed by atoms with Gasteiger partial charge in [0.2, 0.25) is 5.95 Å². The van der Waals surface area contributed by atoms with Gasteiger partial charge in [0.15, 0.2) is 0 Å². The van der Waals surface area contributed by atoms with E-state index < -0.39 is 0 Å². The Bertz CT molecular complexity index is 519. The monoisotopic (exact) mass is 246 g/mol. The van der Waals surface area contributed by atoms with Gasteiger partial charge in [-0.3, -0.25) is 4.68 Å². The fourth-order valence-electron chi connectivity index (χ4n) is 1.65. The molecular formula is C12H18N6. The summed E-state index contributed by atoms with van der Waals surface area (Å²) >= 11 is 0. The van der Waals surface area contributed by atoms with E-state index in [9.17, 15) is 0 Å². The first kappa shape index (κ1) is 12.3. The molecule has 6 heteroatoms. The summed E-state index contributed by atoms with van der Waals surface area (Å²) in [6, 6.07) is 2.02. The zero-order valence-electron chi connectivity index (χ0n) is 10.9. The summed E-state index contributed by atoms with van der Waals surface area (Å²) in [4.78, 5) is 8.52. The molecule has 0 amide bonds. The fraction of sp³-hybridized carbons (Fsp3) is 0.417. The van der Waals surface area contributed by atoms with Crippen LogP contribution in [0.4, 0.5) is 11.8 Å². The fourth-order valence-corrected chi connectivity index (χ4v) is 1.65. The van der Waals surface area contributed by atoms with E-state index in [1.165, 1.54) is 0 Å². The lowest BCUT2D eigenvalue weighted by atomic mass is 10.3. The van der Waals surface area contributed by atoms with E-state index in [4.69, 9.17) is 0 Å². The Morgan fingerprint density at radius 3 is 2.89 bits per heavy atom. The highest BCUT2D eigenvalue weighted by atomic mass is 15.2. The number of aryl methyl sites for hydroxylation is 2. The minimum absolute atomic E-state index is 0.626. The molecule has 2 aromatic heterocycles. The van der Waals surface area contributed by atoms with Crippen LogP contribution in [-0.2, 0) is 13.5 Å². The second-order valence-electron chi connectivity index (χ2n) is 4.13.